The number of carboxylic acid groups (broad SMARTS) is 2. The highest BCUT2D eigenvalue weighted by molar-refractivity contribution is 5.94. The molecule has 164 valence electrons. The van der Waals surface area contributed by atoms with Crippen LogP contribution in [0.5, 0.6) is 0 Å². The van der Waals surface area contributed by atoms with Crippen molar-refractivity contribution in [3.63, 3.8) is 0 Å². The molecular formula is C20H20N8O4. The number of aromatic carboxylic acids is 2. The molecule has 3 aromatic rings. The molecule has 32 heavy (non-hydrogen) atoms. The van der Waals surface area contributed by atoms with E-state index in [-0.39, 0.29) is 34.0 Å². The number of aryl methyl sites for hydroxylation is 1. The lowest BCUT2D eigenvalue weighted by atomic mass is 9.91. The number of rotatable bonds is 5. The number of hydrogen-bond donors (Lipinski definition) is 3. The summed E-state index contributed by atoms with van der Waals surface area (Å²) in [5.41, 5.74) is 6.23. The molecule has 2 aromatic heterocycles. The van der Waals surface area contributed by atoms with Crippen LogP contribution in [-0.4, -0.2) is 41.7 Å². The average molecular weight is 436 g/mol. The predicted molar refractivity (Wildman–Crippen MR) is 113 cm³/mol. The third-order valence-electron chi connectivity index (χ3n) is 4.54. The number of nitrogens with zero attached hydrogens (tertiary/aromatic N) is 7. The van der Waals surface area contributed by atoms with Gasteiger partial charge in [-0.2, -0.15) is 15.5 Å². The minimum atomic E-state index is -1.32. The van der Waals surface area contributed by atoms with Crippen LogP contribution in [-0.2, 0) is 12.5 Å². The van der Waals surface area contributed by atoms with E-state index < -0.39 is 17.4 Å². The topological polar surface area (TPSA) is 185 Å². The Kier molecular flexibility index (Phi) is 5.51. The van der Waals surface area contributed by atoms with Crippen molar-refractivity contribution in [1.29, 1.82) is 5.26 Å². The van der Waals surface area contributed by atoms with Crippen LogP contribution >= 0.6 is 0 Å². The summed E-state index contributed by atoms with van der Waals surface area (Å²) in [7, 11) is 1.67. The van der Waals surface area contributed by atoms with E-state index in [4.69, 9.17) is 5.73 Å². The number of carbonyl (C=O) groups is 2. The van der Waals surface area contributed by atoms with Crippen LogP contribution in [0.4, 0.5) is 17.3 Å². The Morgan fingerprint density at radius 2 is 1.72 bits per heavy atom. The Hall–Kier alpha value is -4.53. The zero-order chi connectivity index (χ0) is 23.8. The van der Waals surface area contributed by atoms with E-state index in [9.17, 15) is 25.1 Å². The predicted octanol–water partition coefficient (Wildman–Crippen LogP) is 3.17. The van der Waals surface area contributed by atoms with Gasteiger partial charge in [0.15, 0.2) is 11.5 Å². The first kappa shape index (κ1) is 22.2. The van der Waals surface area contributed by atoms with Gasteiger partial charge >= 0.3 is 11.9 Å². The van der Waals surface area contributed by atoms with Gasteiger partial charge in [-0.05, 0) is 18.2 Å². The highest BCUT2D eigenvalue weighted by Gasteiger charge is 2.25. The Balaban J connectivity index is 2.20. The molecule has 12 nitrogen and oxygen atoms in total. The molecular weight excluding hydrogens is 416 g/mol. The number of hydrogen-bond acceptors (Lipinski definition) is 8. The number of nitrogen functional groups attached to an aromatic ring is 1. The standard InChI is InChI=1S/C20H20N8O4/c1-20(2,3)15-14(16(22)27(4)26-15)24-25-17-12(8-21)9-23-28(17)13-6-10(18(29)30)5-11(7-13)19(31)32/h5-7,9H,22H2,1-4H3,(H,29,30)(H,31,32). The molecule has 0 radical (unpaired) electrons. The molecule has 0 fully saturated rings. The Morgan fingerprint density at radius 1 is 1.12 bits per heavy atom. The minimum absolute atomic E-state index is 0.0190. The third kappa shape index (κ3) is 4.04. The summed E-state index contributed by atoms with van der Waals surface area (Å²) in [6.07, 6.45) is 1.22. The van der Waals surface area contributed by atoms with Crippen LogP contribution in [0.1, 0.15) is 52.7 Å². The second kappa shape index (κ2) is 7.95. The molecule has 0 aliphatic rings. The molecule has 0 saturated carbocycles. The first-order valence-corrected chi connectivity index (χ1v) is 9.29. The number of azo groups is 1. The van der Waals surface area contributed by atoms with Crippen LogP contribution in [0.3, 0.4) is 0 Å². The fourth-order valence-electron chi connectivity index (χ4n) is 2.91. The normalized spacial score (nSPS) is 11.6. The maximum Gasteiger partial charge on any atom is 0.335 e. The van der Waals surface area contributed by atoms with Gasteiger partial charge in [-0.1, -0.05) is 20.8 Å². The fraction of sp³-hybridized carbons (Fsp3) is 0.250. The van der Waals surface area contributed by atoms with E-state index in [1.807, 2.05) is 26.8 Å². The molecule has 1 aromatic carbocycles. The van der Waals surface area contributed by atoms with E-state index in [0.29, 0.717) is 11.4 Å². The largest absolute Gasteiger partial charge is 0.478 e. The van der Waals surface area contributed by atoms with Gasteiger partial charge in [0, 0.05) is 12.5 Å². The van der Waals surface area contributed by atoms with Crippen molar-refractivity contribution in [2.24, 2.45) is 17.3 Å². The lowest BCUT2D eigenvalue weighted by molar-refractivity contribution is 0.0696. The Labute approximate surface area is 182 Å². The summed E-state index contributed by atoms with van der Waals surface area (Å²) in [4.78, 5) is 22.9. The molecule has 2 heterocycles. The van der Waals surface area contributed by atoms with Crippen LogP contribution in [0.2, 0.25) is 0 Å². The average Bonchev–Trinajstić information content (AvgIpc) is 3.26. The number of anilines is 1. The first-order chi connectivity index (χ1) is 14.9. The van der Waals surface area contributed by atoms with Crippen molar-refractivity contribution < 1.29 is 19.8 Å². The summed E-state index contributed by atoms with van der Waals surface area (Å²) >= 11 is 0. The van der Waals surface area contributed by atoms with Crippen molar-refractivity contribution in [1.82, 2.24) is 19.6 Å². The molecule has 0 unspecified atom stereocenters. The zero-order valence-corrected chi connectivity index (χ0v) is 17.7. The third-order valence-corrected chi connectivity index (χ3v) is 4.54. The van der Waals surface area contributed by atoms with Crippen LogP contribution in [0.25, 0.3) is 5.69 Å². The molecule has 0 aliphatic carbocycles. The number of carboxylic acids is 2. The van der Waals surface area contributed by atoms with Crippen molar-refractivity contribution in [2.75, 3.05) is 5.73 Å². The maximum atomic E-state index is 11.4. The summed E-state index contributed by atoms with van der Waals surface area (Å²) in [5.74, 6) is -2.38. The Bertz CT molecular complexity index is 1270. The van der Waals surface area contributed by atoms with Gasteiger partial charge in [0.2, 0.25) is 0 Å². The molecule has 4 N–H and O–H groups in total. The monoisotopic (exact) mass is 436 g/mol. The molecule has 0 atom stereocenters. The van der Waals surface area contributed by atoms with Gasteiger partial charge < -0.3 is 15.9 Å². The van der Waals surface area contributed by atoms with E-state index in [1.165, 1.54) is 23.0 Å². The molecule has 0 aliphatic heterocycles. The lowest BCUT2D eigenvalue weighted by Crippen LogP contribution is -2.12. The number of benzene rings is 1. The summed E-state index contributed by atoms with van der Waals surface area (Å²) in [6, 6.07) is 5.41. The van der Waals surface area contributed by atoms with E-state index in [1.54, 1.807) is 7.05 Å². The summed E-state index contributed by atoms with van der Waals surface area (Å²) in [6.45, 7) is 5.80. The minimum Gasteiger partial charge on any atom is -0.478 e. The van der Waals surface area contributed by atoms with Crippen molar-refractivity contribution >= 4 is 29.3 Å². The van der Waals surface area contributed by atoms with Gasteiger partial charge in [-0.3, -0.25) is 4.68 Å². The van der Waals surface area contributed by atoms with Gasteiger partial charge in [0.1, 0.15) is 17.5 Å². The van der Waals surface area contributed by atoms with Crippen molar-refractivity contribution in [2.45, 2.75) is 26.2 Å². The zero-order valence-electron chi connectivity index (χ0n) is 17.7. The second-order valence-corrected chi connectivity index (χ2v) is 7.94. The molecule has 3 rings (SSSR count). The van der Waals surface area contributed by atoms with E-state index in [0.717, 1.165) is 10.7 Å². The molecule has 0 spiro atoms. The first-order valence-electron chi connectivity index (χ1n) is 9.29. The highest BCUT2D eigenvalue weighted by Crippen LogP contribution is 2.36. The van der Waals surface area contributed by atoms with Crippen LogP contribution in [0.15, 0.2) is 34.6 Å². The smallest absolute Gasteiger partial charge is 0.335 e. The van der Waals surface area contributed by atoms with Gasteiger partial charge in [-0.25, -0.2) is 14.3 Å². The fourth-order valence-corrected chi connectivity index (χ4v) is 2.91. The summed E-state index contributed by atoms with van der Waals surface area (Å²) < 4.78 is 2.61. The van der Waals surface area contributed by atoms with E-state index in [2.05, 4.69) is 20.4 Å². The van der Waals surface area contributed by atoms with Crippen molar-refractivity contribution in [3.8, 4) is 11.8 Å². The quantitative estimate of drug-likeness (QED) is 0.509. The number of nitrogens with two attached hydrogens (primary N) is 1. The van der Waals surface area contributed by atoms with E-state index >= 15 is 0 Å². The second-order valence-electron chi connectivity index (χ2n) is 7.94. The van der Waals surface area contributed by atoms with Gasteiger partial charge in [0.05, 0.1) is 28.7 Å². The number of aromatic nitrogens is 4. The van der Waals surface area contributed by atoms with Gasteiger partial charge in [-0.15, -0.1) is 10.2 Å². The number of nitriles is 1. The van der Waals surface area contributed by atoms with Crippen LogP contribution < -0.4 is 5.73 Å². The lowest BCUT2D eigenvalue weighted by Gasteiger charge is -2.15. The molecule has 12 heteroatoms. The molecule has 0 saturated heterocycles. The Morgan fingerprint density at radius 3 is 2.22 bits per heavy atom. The molecule has 0 bridgehead atoms. The van der Waals surface area contributed by atoms with Crippen molar-refractivity contribution in [3.05, 3.63) is 46.8 Å². The highest BCUT2D eigenvalue weighted by atomic mass is 16.4. The molecule has 0 amide bonds. The maximum absolute atomic E-state index is 11.4. The van der Waals surface area contributed by atoms with Gasteiger partial charge in [0.25, 0.3) is 0 Å². The SMILES string of the molecule is Cn1nc(C(C)(C)C)c(N=Nc2c(C#N)cnn2-c2cc(C(=O)O)cc(C(=O)O)c2)c1N. The summed E-state index contributed by atoms with van der Waals surface area (Å²) in [5, 5.41) is 45.0. The van der Waals surface area contributed by atoms with Crippen LogP contribution in [0, 0.1) is 11.3 Å².